The van der Waals surface area contributed by atoms with Crippen molar-refractivity contribution in [3.05, 3.63) is 64.7 Å². The van der Waals surface area contributed by atoms with Crippen molar-refractivity contribution in [3.8, 4) is 0 Å². The van der Waals surface area contributed by atoms with Crippen LogP contribution in [0.25, 0.3) is 21.3 Å². The number of benzene rings is 2. The van der Waals surface area contributed by atoms with Crippen LogP contribution in [0.5, 0.6) is 0 Å². The molecule has 0 saturated carbocycles. The number of ether oxygens (including phenoxy) is 1. The van der Waals surface area contributed by atoms with Crippen LogP contribution in [0, 0.1) is 11.6 Å². The van der Waals surface area contributed by atoms with Crippen LogP contribution in [0.15, 0.2) is 47.7 Å². The van der Waals surface area contributed by atoms with Gasteiger partial charge in [0.25, 0.3) is 5.91 Å². The Morgan fingerprint density at radius 2 is 1.90 bits per heavy atom. The Hall–Kier alpha value is -3.53. The van der Waals surface area contributed by atoms with E-state index >= 15 is 0 Å². The third kappa shape index (κ3) is 3.81. The summed E-state index contributed by atoms with van der Waals surface area (Å²) < 4.78 is 34.5. The second kappa shape index (κ2) is 8.07. The minimum absolute atomic E-state index is 0.0228. The van der Waals surface area contributed by atoms with Gasteiger partial charge in [-0.15, -0.1) is 0 Å². The van der Waals surface area contributed by atoms with E-state index in [1.54, 1.807) is 19.1 Å². The fourth-order valence-corrected chi connectivity index (χ4v) is 4.01. The molecule has 0 saturated heterocycles. The predicted molar refractivity (Wildman–Crippen MR) is 106 cm³/mol. The molecule has 7 nitrogen and oxygen atoms in total. The van der Waals surface area contributed by atoms with Gasteiger partial charge in [-0.05, 0) is 31.2 Å². The number of hydrogen-bond acceptors (Lipinski definition) is 6. The maximum Gasteiger partial charge on any atom is 0.326 e. The first-order valence-corrected chi connectivity index (χ1v) is 9.71. The standard InChI is InChI=1S/C20H14F2N4O3S/c1-2-29-17(27)10-26-18-13(22)8-12(21)9-16(18)30-20(26)25-19(28)11-3-4-14-15(7-11)24-6-5-23-14/h3-9H,2,10H2,1H3. The molecule has 10 heteroatoms. The van der Waals surface area contributed by atoms with Gasteiger partial charge in [-0.1, -0.05) is 11.3 Å². The molecule has 0 atom stereocenters. The van der Waals surface area contributed by atoms with E-state index in [0.29, 0.717) is 17.1 Å². The van der Waals surface area contributed by atoms with Crippen LogP contribution >= 0.6 is 11.3 Å². The highest BCUT2D eigenvalue weighted by molar-refractivity contribution is 7.16. The van der Waals surface area contributed by atoms with Gasteiger partial charge in [-0.25, -0.2) is 8.78 Å². The van der Waals surface area contributed by atoms with Crippen LogP contribution in [-0.2, 0) is 16.1 Å². The molecule has 0 N–H and O–H groups in total. The lowest BCUT2D eigenvalue weighted by Crippen LogP contribution is -2.23. The Morgan fingerprint density at radius 1 is 1.13 bits per heavy atom. The van der Waals surface area contributed by atoms with Crippen molar-refractivity contribution in [3.63, 3.8) is 0 Å². The molecule has 0 radical (unpaired) electrons. The SMILES string of the molecule is CCOC(=O)Cn1c(=NC(=O)c2ccc3nccnc3c2)sc2cc(F)cc(F)c21. The number of rotatable bonds is 4. The van der Waals surface area contributed by atoms with Gasteiger partial charge in [0, 0.05) is 24.0 Å². The Morgan fingerprint density at radius 3 is 2.67 bits per heavy atom. The second-order valence-corrected chi connectivity index (χ2v) is 7.20. The summed E-state index contributed by atoms with van der Waals surface area (Å²) >= 11 is 0.899. The molecule has 0 aliphatic carbocycles. The van der Waals surface area contributed by atoms with Gasteiger partial charge in [0.05, 0.1) is 27.9 Å². The number of carbonyl (C=O) groups excluding carboxylic acids is 2. The van der Waals surface area contributed by atoms with Crippen LogP contribution in [0.3, 0.4) is 0 Å². The predicted octanol–water partition coefficient (Wildman–Crippen LogP) is 3.23. The molecule has 0 aliphatic heterocycles. The summed E-state index contributed by atoms with van der Waals surface area (Å²) in [5, 5.41) is 0. The number of esters is 1. The number of fused-ring (bicyclic) bond motifs is 2. The lowest BCUT2D eigenvalue weighted by atomic mass is 10.2. The van der Waals surface area contributed by atoms with E-state index in [2.05, 4.69) is 15.0 Å². The normalized spacial score (nSPS) is 11.9. The van der Waals surface area contributed by atoms with E-state index in [-0.39, 0.29) is 33.7 Å². The molecular weight excluding hydrogens is 414 g/mol. The van der Waals surface area contributed by atoms with E-state index in [1.807, 2.05) is 0 Å². The van der Waals surface area contributed by atoms with E-state index < -0.39 is 23.5 Å². The molecule has 0 fully saturated rings. The van der Waals surface area contributed by atoms with Crippen LogP contribution in [0.4, 0.5) is 8.78 Å². The number of thiazole rings is 1. The van der Waals surface area contributed by atoms with Gasteiger partial charge in [0.15, 0.2) is 10.6 Å². The van der Waals surface area contributed by atoms with E-state index in [9.17, 15) is 18.4 Å². The highest BCUT2D eigenvalue weighted by Crippen LogP contribution is 2.22. The number of carbonyl (C=O) groups is 2. The van der Waals surface area contributed by atoms with Crippen molar-refractivity contribution in [1.29, 1.82) is 0 Å². The van der Waals surface area contributed by atoms with Crippen molar-refractivity contribution in [2.45, 2.75) is 13.5 Å². The Bertz CT molecular complexity index is 1360. The van der Waals surface area contributed by atoms with Crippen LogP contribution in [-0.4, -0.2) is 33.0 Å². The first-order valence-electron chi connectivity index (χ1n) is 8.90. The second-order valence-electron chi connectivity index (χ2n) is 6.19. The lowest BCUT2D eigenvalue weighted by molar-refractivity contribution is -0.143. The molecule has 152 valence electrons. The Balaban J connectivity index is 1.85. The van der Waals surface area contributed by atoms with Gasteiger partial charge in [0.2, 0.25) is 0 Å². The van der Waals surface area contributed by atoms with Gasteiger partial charge in [-0.2, -0.15) is 4.99 Å². The average molecular weight is 428 g/mol. The fourth-order valence-electron chi connectivity index (χ4n) is 2.94. The first kappa shape index (κ1) is 19.8. The smallest absolute Gasteiger partial charge is 0.326 e. The van der Waals surface area contributed by atoms with Crippen molar-refractivity contribution in [2.24, 2.45) is 4.99 Å². The maximum atomic E-state index is 14.4. The van der Waals surface area contributed by atoms with Gasteiger partial charge >= 0.3 is 5.97 Å². The summed E-state index contributed by atoms with van der Waals surface area (Å²) in [5.41, 5.74) is 1.36. The number of nitrogens with zero attached hydrogens (tertiary/aromatic N) is 4. The van der Waals surface area contributed by atoms with Crippen LogP contribution < -0.4 is 4.80 Å². The molecule has 2 heterocycles. The Labute approximate surface area is 172 Å². The Kier molecular flexibility index (Phi) is 5.32. The third-order valence-corrected chi connectivity index (χ3v) is 5.23. The molecule has 30 heavy (non-hydrogen) atoms. The number of amides is 1. The first-order chi connectivity index (χ1) is 14.5. The van der Waals surface area contributed by atoms with Crippen molar-refractivity contribution in [1.82, 2.24) is 14.5 Å². The quantitative estimate of drug-likeness (QED) is 0.466. The summed E-state index contributed by atoms with van der Waals surface area (Å²) in [6, 6.07) is 6.56. The minimum Gasteiger partial charge on any atom is -0.465 e. The highest BCUT2D eigenvalue weighted by atomic mass is 32.1. The van der Waals surface area contributed by atoms with Gasteiger partial charge < -0.3 is 9.30 Å². The summed E-state index contributed by atoms with van der Waals surface area (Å²) in [7, 11) is 0. The van der Waals surface area contributed by atoms with Crippen molar-refractivity contribution < 1.29 is 23.1 Å². The molecular formula is C20H14F2N4O3S. The molecule has 0 unspecified atom stereocenters. The van der Waals surface area contributed by atoms with E-state index in [4.69, 9.17) is 4.74 Å². The fraction of sp³-hybridized carbons (Fsp3) is 0.150. The van der Waals surface area contributed by atoms with Gasteiger partial charge in [-0.3, -0.25) is 19.6 Å². The number of hydrogen-bond donors (Lipinski definition) is 0. The topological polar surface area (TPSA) is 86.4 Å². The lowest BCUT2D eigenvalue weighted by Gasteiger charge is -2.06. The zero-order valence-electron chi connectivity index (χ0n) is 15.6. The highest BCUT2D eigenvalue weighted by Gasteiger charge is 2.17. The minimum atomic E-state index is -0.861. The molecule has 0 spiro atoms. The summed E-state index contributed by atoms with van der Waals surface area (Å²) in [6.07, 6.45) is 3.04. The van der Waals surface area contributed by atoms with E-state index in [1.165, 1.54) is 23.0 Å². The zero-order chi connectivity index (χ0) is 21.3. The third-order valence-electron chi connectivity index (χ3n) is 4.20. The average Bonchev–Trinajstić information content (AvgIpc) is 3.04. The van der Waals surface area contributed by atoms with Crippen LogP contribution in [0.1, 0.15) is 17.3 Å². The van der Waals surface area contributed by atoms with Gasteiger partial charge in [0.1, 0.15) is 12.4 Å². The maximum absolute atomic E-state index is 14.4. The molecule has 0 bridgehead atoms. The summed E-state index contributed by atoms with van der Waals surface area (Å²) in [4.78, 5) is 37.2. The zero-order valence-corrected chi connectivity index (χ0v) is 16.4. The van der Waals surface area contributed by atoms with Crippen LogP contribution in [0.2, 0.25) is 0 Å². The molecule has 2 aromatic heterocycles. The summed E-state index contributed by atoms with van der Waals surface area (Å²) in [5.74, 6) is -2.88. The summed E-state index contributed by atoms with van der Waals surface area (Å²) in [6.45, 7) is 1.41. The van der Waals surface area contributed by atoms with Crippen molar-refractivity contribution >= 4 is 44.5 Å². The number of aromatic nitrogens is 3. The number of halogens is 2. The molecule has 4 rings (SSSR count). The molecule has 1 amide bonds. The monoisotopic (exact) mass is 428 g/mol. The molecule has 0 aliphatic rings. The molecule has 4 aromatic rings. The van der Waals surface area contributed by atoms with E-state index in [0.717, 1.165) is 17.4 Å². The van der Waals surface area contributed by atoms with Crippen molar-refractivity contribution in [2.75, 3.05) is 6.61 Å². The molecule has 2 aromatic carbocycles. The largest absolute Gasteiger partial charge is 0.465 e.